The van der Waals surface area contributed by atoms with Gasteiger partial charge in [0.1, 0.15) is 40.9 Å². The number of fused-ring (bicyclic) bond motifs is 1. The second kappa shape index (κ2) is 23.9. The van der Waals surface area contributed by atoms with E-state index in [2.05, 4.69) is 0 Å². The summed E-state index contributed by atoms with van der Waals surface area (Å²) in [6.07, 6.45) is -15.3. The van der Waals surface area contributed by atoms with Crippen LogP contribution in [0.5, 0.6) is 23.0 Å². The fourth-order valence-electron chi connectivity index (χ4n) is 8.15. The van der Waals surface area contributed by atoms with Crippen molar-refractivity contribution < 1.29 is 109 Å². The van der Waals surface area contributed by atoms with Crippen LogP contribution >= 0.6 is 0 Å². The molecule has 0 bridgehead atoms. The van der Waals surface area contributed by atoms with Crippen molar-refractivity contribution in [3.8, 4) is 34.3 Å². The van der Waals surface area contributed by atoms with Crippen LogP contribution in [0.3, 0.4) is 0 Å². The minimum atomic E-state index is -1.77. The number of rotatable bonds is 18. The molecule has 10 atom stereocenters. The molecule has 2 aromatic carbocycles. The zero-order valence-corrected chi connectivity index (χ0v) is 42.1. The van der Waals surface area contributed by atoms with Crippen molar-refractivity contribution >= 4 is 58.7 Å². The summed E-state index contributed by atoms with van der Waals surface area (Å²) in [6, 6.07) is 7.07. The Bertz CT molecular complexity index is 2630. The summed E-state index contributed by atoms with van der Waals surface area (Å²) in [7, 11) is 1.42. The quantitative estimate of drug-likeness (QED) is 0.107. The predicted octanol–water partition coefficient (Wildman–Crippen LogP) is 3.83. The predicted molar refractivity (Wildman–Crippen MR) is 245 cm³/mol. The summed E-state index contributed by atoms with van der Waals surface area (Å²) in [5.41, 5.74) is -2.54. The molecule has 398 valence electrons. The molecule has 2 aliphatic rings. The van der Waals surface area contributed by atoms with Gasteiger partial charge in [-0.25, -0.2) is 0 Å². The first kappa shape index (κ1) is 56.6. The monoisotopic (exact) mass is 1030 g/mol. The lowest BCUT2D eigenvalue weighted by atomic mass is 9.94. The average molecular weight is 1030 g/mol. The lowest BCUT2D eigenvalue weighted by Gasteiger charge is -2.46. The highest BCUT2D eigenvalue weighted by atomic mass is 16.8. The van der Waals surface area contributed by atoms with Gasteiger partial charge in [0.05, 0.1) is 18.8 Å². The van der Waals surface area contributed by atoms with Crippen molar-refractivity contribution in [1.29, 1.82) is 0 Å². The Labute approximate surface area is 417 Å². The molecule has 5 rings (SSSR count). The number of hydrogen-bond acceptors (Lipinski definition) is 24. The largest absolute Gasteiger partial charge is 0.507 e. The van der Waals surface area contributed by atoms with E-state index < -0.39 is 144 Å². The average Bonchev–Trinajstić information content (AvgIpc) is 3.26. The maximum atomic E-state index is 15.0. The molecule has 3 aromatic rings. The molecule has 2 saturated heterocycles. The first-order chi connectivity index (χ1) is 34.2. The van der Waals surface area contributed by atoms with Crippen LogP contribution in [0.2, 0.25) is 0 Å². The van der Waals surface area contributed by atoms with Crippen molar-refractivity contribution in [3.05, 3.63) is 46.1 Å². The Kier molecular flexibility index (Phi) is 18.6. The number of esters is 8. The number of carbonyl (C=O) groups is 8. The van der Waals surface area contributed by atoms with Crippen molar-refractivity contribution in [2.75, 3.05) is 13.7 Å². The Morgan fingerprint density at radius 1 is 0.644 bits per heavy atom. The fraction of sp³-hybridized carbons (Fsp3) is 0.531. The summed E-state index contributed by atoms with van der Waals surface area (Å²) in [5, 5.41) is 11.1. The van der Waals surface area contributed by atoms with Gasteiger partial charge in [0.2, 0.25) is 23.6 Å². The molecule has 1 N–H and O–H groups in total. The normalized spacial score (nSPS) is 23.7. The molecule has 0 radical (unpaired) electrons. The van der Waals surface area contributed by atoms with Gasteiger partial charge in [-0.1, -0.05) is 0 Å². The summed E-state index contributed by atoms with van der Waals surface area (Å²) < 4.78 is 80.7. The first-order valence-electron chi connectivity index (χ1n) is 22.7. The van der Waals surface area contributed by atoms with E-state index in [1.54, 1.807) is 13.8 Å². The third-order valence-corrected chi connectivity index (χ3v) is 11.0. The van der Waals surface area contributed by atoms with E-state index >= 15 is 4.79 Å². The maximum Gasteiger partial charge on any atom is 0.308 e. The molecule has 0 aliphatic carbocycles. The molecule has 0 spiro atoms. The van der Waals surface area contributed by atoms with Gasteiger partial charge < -0.3 is 71.1 Å². The SMILES string of the molecule is COc1ccc(-c2oc3c(CCC(C)(C)OC4OC(COC(C)=O)C(OC(C)=O)C(OC(C)=O)C4OC(C)=O)c(OC(C)=O)cc(O)c3c(=O)c2OC2OC(C)C(OC(C)=O)C(OC(C)=O)C2OC(C)=O)cc1. The zero-order chi connectivity index (χ0) is 54.2. The Hall–Kier alpha value is -7.31. The highest BCUT2D eigenvalue weighted by Gasteiger charge is 2.55. The molecule has 24 nitrogen and oxygen atoms in total. The van der Waals surface area contributed by atoms with E-state index in [4.69, 9.17) is 66.0 Å². The Balaban J connectivity index is 1.66. The highest BCUT2D eigenvalue weighted by molar-refractivity contribution is 5.92. The second-order valence-electron chi connectivity index (χ2n) is 17.5. The third kappa shape index (κ3) is 14.4. The summed E-state index contributed by atoms with van der Waals surface area (Å²) in [6.45, 7) is 12.7. The standard InChI is InChI=1S/C49H58O24/c1-21-38(64-24(4)52)43(66-26(6)54)45(68-28(8)56)47(62-21)72-42-37(59)36-33(58)19-34(63-23(3)51)32(40(36)71-39(42)30-13-15-31(60-12)16-14-30)17-18-49(10,11)73-48-46(69-29(9)57)44(67-27(7)55)41(65-25(5)53)35(70-48)20-61-22(2)50/h13-16,19,21,35,38,41,43-48,58H,17-18,20H2,1-12H3. The third-order valence-electron chi connectivity index (χ3n) is 11.0. The molecule has 1 aromatic heterocycles. The van der Waals surface area contributed by atoms with E-state index in [9.17, 15) is 43.5 Å². The molecule has 2 fully saturated rings. The lowest BCUT2D eigenvalue weighted by Crippen LogP contribution is -2.63. The first-order valence-corrected chi connectivity index (χ1v) is 22.7. The van der Waals surface area contributed by atoms with E-state index in [0.717, 1.165) is 61.5 Å². The smallest absolute Gasteiger partial charge is 0.308 e. The maximum absolute atomic E-state index is 15.0. The van der Waals surface area contributed by atoms with Crippen LogP contribution in [-0.4, -0.2) is 134 Å². The van der Waals surface area contributed by atoms with Gasteiger partial charge in [0.25, 0.3) is 0 Å². The summed E-state index contributed by atoms with van der Waals surface area (Å²) in [4.78, 5) is 114. The number of phenols is 1. The molecular weight excluding hydrogens is 973 g/mol. The van der Waals surface area contributed by atoms with Gasteiger partial charge in [0, 0.05) is 72.6 Å². The molecule has 24 heteroatoms. The van der Waals surface area contributed by atoms with E-state index in [-0.39, 0.29) is 41.1 Å². The van der Waals surface area contributed by atoms with Crippen LogP contribution in [0.15, 0.2) is 39.5 Å². The number of methoxy groups -OCH3 is 1. The second-order valence-corrected chi connectivity index (χ2v) is 17.5. The number of aryl methyl sites for hydroxylation is 1. The molecule has 2 aliphatic heterocycles. The van der Waals surface area contributed by atoms with Crippen LogP contribution in [0, 0.1) is 0 Å². The lowest BCUT2D eigenvalue weighted by molar-refractivity contribution is -0.327. The van der Waals surface area contributed by atoms with Gasteiger partial charge in [-0.2, -0.15) is 0 Å². The summed E-state index contributed by atoms with van der Waals surface area (Å²) >= 11 is 0. The van der Waals surface area contributed by atoms with Crippen LogP contribution in [0.4, 0.5) is 0 Å². The van der Waals surface area contributed by atoms with Gasteiger partial charge in [-0.05, 0) is 57.9 Å². The molecule has 0 saturated carbocycles. The molecule has 0 amide bonds. The molecule has 10 unspecified atom stereocenters. The molecule has 3 heterocycles. The Morgan fingerprint density at radius 3 is 1.67 bits per heavy atom. The fourth-order valence-corrected chi connectivity index (χ4v) is 8.15. The van der Waals surface area contributed by atoms with Gasteiger partial charge in [-0.3, -0.25) is 43.2 Å². The van der Waals surface area contributed by atoms with Gasteiger partial charge >= 0.3 is 47.8 Å². The number of benzene rings is 2. The zero-order valence-electron chi connectivity index (χ0n) is 42.1. The molecular formula is C49H58O24. The number of phenolic OH excluding ortho intramolecular Hbond substituents is 1. The number of aromatic hydroxyl groups is 1. The van der Waals surface area contributed by atoms with Crippen molar-refractivity contribution in [2.45, 2.75) is 156 Å². The molecule has 73 heavy (non-hydrogen) atoms. The van der Waals surface area contributed by atoms with Crippen molar-refractivity contribution in [3.63, 3.8) is 0 Å². The Morgan fingerprint density at radius 2 is 1.15 bits per heavy atom. The number of carbonyl (C=O) groups excluding carboxylic acids is 8. The van der Waals surface area contributed by atoms with E-state index in [0.29, 0.717) is 5.75 Å². The van der Waals surface area contributed by atoms with E-state index in [1.165, 1.54) is 38.3 Å². The highest BCUT2D eigenvalue weighted by Crippen LogP contribution is 2.43. The van der Waals surface area contributed by atoms with Crippen molar-refractivity contribution in [1.82, 2.24) is 0 Å². The van der Waals surface area contributed by atoms with Gasteiger partial charge in [0.15, 0.2) is 42.6 Å². The minimum absolute atomic E-state index is 0.0269. The minimum Gasteiger partial charge on any atom is -0.507 e. The van der Waals surface area contributed by atoms with Crippen LogP contribution in [-0.2, 0) is 92.1 Å². The topological polar surface area (TPSA) is 307 Å². The number of hydrogen-bond donors (Lipinski definition) is 1. The van der Waals surface area contributed by atoms with Crippen LogP contribution in [0.25, 0.3) is 22.3 Å². The van der Waals surface area contributed by atoms with Gasteiger partial charge in [-0.15, -0.1) is 0 Å². The van der Waals surface area contributed by atoms with Crippen molar-refractivity contribution in [2.24, 2.45) is 0 Å². The summed E-state index contributed by atoms with van der Waals surface area (Å²) in [5.74, 6) is -8.21. The van der Waals surface area contributed by atoms with Crippen LogP contribution in [0.1, 0.15) is 88.1 Å². The van der Waals surface area contributed by atoms with E-state index in [1.807, 2.05) is 0 Å². The van der Waals surface area contributed by atoms with Crippen LogP contribution < -0.4 is 19.6 Å². The number of ether oxygens (including phenoxy) is 13.